The van der Waals surface area contributed by atoms with E-state index < -0.39 is 11.7 Å². The minimum Gasteiger partial charge on any atom is -0.354 e. The summed E-state index contributed by atoms with van der Waals surface area (Å²) in [4.78, 5) is 10.1. The summed E-state index contributed by atoms with van der Waals surface area (Å²) in [6, 6.07) is 7.76. The van der Waals surface area contributed by atoms with Crippen molar-refractivity contribution in [2.75, 3.05) is 13.1 Å². The van der Waals surface area contributed by atoms with Crippen molar-refractivity contribution in [3.8, 4) is 11.3 Å². The maximum Gasteiger partial charge on any atom is 0.420 e. The van der Waals surface area contributed by atoms with Crippen molar-refractivity contribution < 1.29 is 13.2 Å². The van der Waals surface area contributed by atoms with Gasteiger partial charge in [-0.3, -0.25) is 9.58 Å². The number of nitrogens with zero attached hydrogens (tertiary/aromatic N) is 5. The summed E-state index contributed by atoms with van der Waals surface area (Å²) in [5, 5.41) is 5.37. The van der Waals surface area contributed by atoms with Gasteiger partial charge in [0.25, 0.3) is 0 Å². The van der Waals surface area contributed by atoms with E-state index in [1.165, 1.54) is 21.6 Å². The minimum absolute atomic E-state index is 0.0666. The number of hydrogen-bond donors (Lipinski definition) is 1. The molecule has 0 unspecified atom stereocenters. The lowest BCUT2D eigenvalue weighted by molar-refractivity contribution is -0.136. The Morgan fingerprint density at radius 3 is 2.51 bits per heavy atom. The third kappa shape index (κ3) is 4.84. The molecule has 1 N–H and O–H groups in total. The lowest BCUT2D eigenvalue weighted by Gasteiger charge is -2.32. The van der Waals surface area contributed by atoms with Gasteiger partial charge in [-0.2, -0.15) is 18.3 Å². The third-order valence-electron chi connectivity index (χ3n) is 7.93. The van der Waals surface area contributed by atoms with Gasteiger partial charge in [0.2, 0.25) is 0 Å². The van der Waals surface area contributed by atoms with E-state index in [0.717, 1.165) is 54.6 Å². The van der Waals surface area contributed by atoms with Crippen LogP contribution in [0.1, 0.15) is 66.5 Å². The molecule has 1 aliphatic rings. The Hall–Kier alpha value is -3.59. The number of aromatic amines is 1. The Balaban J connectivity index is 1.34. The maximum atomic E-state index is 14.0. The van der Waals surface area contributed by atoms with Gasteiger partial charge in [-0.1, -0.05) is 19.9 Å². The summed E-state index contributed by atoms with van der Waals surface area (Å²) in [5.74, 6) is 0.583. The number of piperidine rings is 1. The zero-order chi connectivity index (χ0) is 27.5. The summed E-state index contributed by atoms with van der Waals surface area (Å²) in [5.41, 5.74) is 5.54. The molecule has 5 heterocycles. The number of fused-ring (bicyclic) bond motifs is 2. The molecular formula is C30H33F3N6. The molecule has 1 aliphatic heterocycles. The highest BCUT2D eigenvalue weighted by atomic mass is 19.4. The molecule has 4 aromatic heterocycles. The average molecular weight is 535 g/mol. The average Bonchev–Trinajstić information content (AvgIpc) is 3.58. The highest BCUT2D eigenvalue weighted by Gasteiger charge is 2.35. The zero-order valence-electron chi connectivity index (χ0n) is 22.7. The number of nitrogens with one attached hydrogen (secondary N) is 1. The molecule has 0 amide bonds. The number of pyridine rings is 1. The number of aromatic nitrogens is 5. The third-order valence-corrected chi connectivity index (χ3v) is 7.93. The lowest BCUT2D eigenvalue weighted by Crippen LogP contribution is -2.32. The van der Waals surface area contributed by atoms with Gasteiger partial charge in [-0.25, -0.2) is 4.98 Å². The molecule has 0 bridgehead atoms. The second-order valence-electron chi connectivity index (χ2n) is 11.2. The summed E-state index contributed by atoms with van der Waals surface area (Å²) in [6.07, 6.45) is 5.04. The van der Waals surface area contributed by atoms with E-state index in [-0.39, 0.29) is 11.6 Å². The number of alkyl halides is 3. The van der Waals surface area contributed by atoms with Gasteiger partial charge in [0.15, 0.2) is 0 Å². The van der Waals surface area contributed by atoms with E-state index in [4.69, 9.17) is 0 Å². The smallest absolute Gasteiger partial charge is 0.354 e. The number of H-pyrrole nitrogens is 1. The summed E-state index contributed by atoms with van der Waals surface area (Å²) < 4.78 is 45.4. The van der Waals surface area contributed by atoms with Crippen LogP contribution in [0.5, 0.6) is 0 Å². The number of rotatable bonds is 5. The van der Waals surface area contributed by atoms with Crippen LogP contribution >= 0.6 is 0 Å². The highest BCUT2D eigenvalue weighted by Crippen LogP contribution is 2.41. The molecule has 204 valence electrons. The molecule has 0 saturated carbocycles. The van der Waals surface area contributed by atoms with Crippen LogP contribution in [0.25, 0.3) is 27.8 Å². The molecule has 6 rings (SSSR count). The van der Waals surface area contributed by atoms with Crippen molar-refractivity contribution in [1.82, 2.24) is 29.0 Å². The maximum absolute atomic E-state index is 14.0. The molecule has 6 nitrogen and oxygen atoms in total. The molecule has 0 atom stereocenters. The lowest BCUT2D eigenvalue weighted by atomic mass is 9.87. The van der Waals surface area contributed by atoms with Crippen LogP contribution in [0, 0.1) is 6.92 Å². The van der Waals surface area contributed by atoms with Crippen molar-refractivity contribution in [2.24, 2.45) is 7.05 Å². The van der Waals surface area contributed by atoms with E-state index in [1.54, 1.807) is 19.3 Å². The van der Waals surface area contributed by atoms with Crippen molar-refractivity contribution in [3.05, 3.63) is 77.0 Å². The molecule has 39 heavy (non-hydrogen) atoms. The van der Waals surface area contributed by atoms with Crippen LogP contribution in [0.3, 0.4) is 0 Å². The zero-order valence-corrected chi connectivity index (χ0v) is 22.7. The summed E-state index contributed by atoms with van der Waals surface area (Å²) in [6.45, 7) is 8.87. The molecule has 5 aromatic rings. The van der Waals surface area contributed by atoms with E-state index >= 15 is 0 Å². The fourth-order valence-corrected chi connectivity index (χ4v) is 6.11. The Morgan fingerprint density at radius 1 is 1.08 bits per heavy atom. The topological polar surface area (TPSA) is 54.1 Å². The van der Waals surface area contributed by atoms with Crippen molar-refractivity contribution in [1.29, 1.82) is 0 Å². The first-order valence-electron chi connectivity index (χ1n) is 13.5. The summed E-state index contributed by atoms with van der Waals surface area (Å²) in [7, 11) is 1.94. The Labute approximate surface area is 225 Å². The molecule has 0 aliphatic carbocycles. The molecule has 1 aromatic carbocycles. The van der Waals surface area contributed by atoms with E-state index in [2.05, 4.69) is 58.2 Å². The quantitative estimate of drug-likeness (QED) is 0.263. The number of imidazole rings is 1. The van der Waals surface area contributed by atoms with Crippen LogP contribution in [0.4, 0.5) is 13.2 Å². The molecule has 1 saturated heterocycles. The molecule has 1 fully saturated rings. The molecule has 9 heteroatoms. The van der Waals surface area contributed by atoms with Gasteiger partial charge >= 0.3 is 6.18 Å². The minimum atomic E-state index is -4.50. The van der Waals surface area contributed by atoms with Crippen molar-refractivity contribution in [3.63, 3.8) is 0 Å². The van der Waals surface area contributed by atoms with Crippen molar-refractivity contribution >= 4 is 16.6 Å². The number of likely N-dealkylation sites (tertiary alicyclic amines) is 1. The first-order valence-corrected chi connectivity index (χ1v) is 13.5. The van der Waals surface area contributed by atoms with Crippen LogP contribution in [-0.2, 0) is 19.8 Å². The molecule has 0 spiro atoms. The van der Waals surface area contributed by atoms with Crippen LogP contribution in [0.15, 0.2) is 49.1 Å². The molecule has 0 radical (unpaired) electrons. The highest BCUT2D eigenvalue weighted by molar-refractivity contribution is 5.92. The van der Waals surface area contributed by atoms with Gasteiger partial charge in [-0.05, 0) is 74.0 Å². The Morgan fingerprint density at radius 2 is 1.85 bits per heavy atom. The Bertz CT molecular complexity index is 1650. The van der Waals surface area contributed by atoms with Gasteiger partial charge < -0.3 is 9.38 Å². The standard InChI is InChI=1S/C30H33F3N6/c1-18(2)27-24-11-22(21-7-9-38(10-8-21)16-20-13-34-37(4)15-20)5-6-26(24)36-28(27)23-12-25(30(31,32)33)29-35-19(3)14-39(29)17-23/h5-6,11-15,17-18,21,36H,7-10,16H2,1-4H3. The normalized spacial score (nSPS) is 15.8. The van der Waals surface area contributed by atoms with Gasteiger partial charge in [0, 0.05) is 54.2 Å². The fourth-order valence-electron chi connectivity index (χ4n) is 6.11. The van der Waals surface area contributed by atoms with Crippen molar-refractivity contribution in [2.45, 2.75) is 58.2 Å². The van der Waals surface area contributed by atoms with E-state index in [9.17, 15) is 13.2 Å². The SMILES string of the molecule is Cc1cn2cc(-c3[nH]c4ccc(C5CCN(Cc6cnn(C)c6)CC5)cc4c3C(C)C)cc(C(F)(F)F)c2n1. The van der Waals surface area contributed by atoms with Crippen LogP contribution < -0.4 is 0 Å². The fraction of sp³-hybridized carbons (Fsp3) is 0.400. The predicted molar refractivity (Wildman–Crippen MR) is 147 cm³/mol. The predicted octanol–water partition coefficient (Wildman–Crippen LogP) is 7.05. The Kier molecular flexibility index (Phi) is 6.29. The number of halogens is 3. The molecular weight excluding hydrogens is 501 g/mol. The second-order valence-corrected chi connectivity index (χ2v) is 11.2. The number of benzene rings is 1. The van der Waals surface area contributed by atoms with E-state index in [1.807, 2.05) is 17.9 Å². The van der Waals surface area contributed by atoms with Gasteiger partial charge in [0.1, 0.15) is 5.65 Å². The van der Waals surface area contributed by atoms with E-state index in [0.29, 0.717) is 17.2 Å². The number of hydrogen-bond acceptors (Lipinski definition) is 3. The van der Waals surface area contributed by atoms with Crippen LogP contribution in [-0.4, -0.2) is 42.1 Å². The first kappa shape index (κ1) is 25.7. The van der Waals surface area contributed by atoms with Crippen LogP contribution in [0.2, 0.25) is 0 Å². The summed E-state index contributed by atoms with van der Waals surface area (Å²) >= 11 is 0. The van der Waals surface area contributed by atoms with Gasteiger partial charge in [-0.15, -0.1) is 0 Å². The van der Waals surface area contributed by atoms with Gasteiger partial charge in [0.05, 0.1) is 23.1 Å². The first-order chi connectivity index (χ1) is 18.6. The number of aryl methyl sites for hydroxylation is 2. The second kappa shape index (κ2) is 9.55. The monoisotopic (exact) mass is 534 g/mol. The largest absolute Gasteiger partial charge is 0.420 e.